The summed E-state index contributed by atoms with van der Waals surface area (Å²) < 4.78 is 0. The SMILES string of the molecule is CCN(Cc1ccnc(C(=N)N)c1)C(C)CN(C)C. The predicted octanol–water partition coefficient (Wildman–Crippen LogP) is 1.14. The molecule has 0 fully saturated rings. The van der Waals surface area contributed by atoms with Gasteiger partial charge in [0.25, 0.3) is 0 Å². The first kappa shape index (κ1) is 15.6. The Labute approximate surface area is 115 Å². The first-order valence-corrected chi connectivity index (χ1v) is 6.62. The van der Waals surface area contributed by atoms with Crippen molar-refractivity contribution in [2.45, 2.75) is 26.4 Å². The number of rotatable bonds is 7. The summed E-state index contributed by atoms with van der Waals surface area (Å²) >= 11 is 0. The molecule has 5 heteroatoms. The number of hydrogen-bond acceptors (Lipinski definition) is 4. The molecule has 19 heavy (non-hydrogen) atoms. The highest BCUT2D eigenvalue weighted by Gasteiger charge is 2.13. The summed E-state index contributed by atoms with van der Waals surface area (Å²) in [5.74, 6) is 0.0197. The molecule has 0 bridgehead atoms. The van der Waals surface area contributed by atoms with E-state index in [0.29, 0.717) is 11.7 Å². The normalized spacial score (nSPS) is 12.9. The Kier molecular flexibility index (Phi) is 5.92. The Morgan fingerprint density at radius 2 is 2.16 bits per heavy atom. The van der Waals surface area contributed by atoms with Crippen LogP contribution in [0.5, 0.6) is 0 Å². The van der Waals surface area contributed by atoms with E-state index in [4.69, 9.17) is 11.1 Å². The maximum atomic E-state index is 7.43. The molecule has 1 atom stereocenters. The largest absolute Gasteiger partial charge is 0.382 e. The summed E-state index contributed by atoms with van der Waals surface area (Å²) in [4.78, 5) is 8.69. The van der Waals surface area contributed by atoms with Crippen molar-refractivity contribution in [1.82, 2.24) is 14.8 Å². The molecule has 0 aliphatic rings. The third kappa shape index (κ3) is 4.96. The van der Waals surface area contributed by atoms with Gasteiger partial charge in [0.1, 0.15) is 11.5 Å². The van der Waals surface area contributed by atoms with Gasteiger partial charge in [0.2, 0.25) is 0 Å². The third-order valence-corrected chi connectivity index (χ3v) is 3.14. The summed E-state index contributed by atoms with van der Waals surface area (Å²) in [7, 11) is 4.18. The standard InChI is InChI=1S/C14H25N5/c1-5-19(11(2)9-18(3)4)10-12-6-7-17-13(8-12)14(15)16/h6-8,11H,5,9-10H2,1-4H3,(H3,15,16). The highest BCUT2D eigenvalue weighted by Crippen LogP contribution is 2.09. The van der Waals surface area contributed by atoms with Gasteiger partial charge in [-0.15, -0.1) is 0 Å². The van der Waals surface area contributed by atoms with E-state index in [1.807, 2.05) is 12.1 Å². The van der Waals surface area contributed by atoms with Gasteiger partial charge < -0.3 is 10.6 Å². The molecule has 5 nitrogen and oxygen atoms in total. The van der Waals surface area contributed by atoms with Crippen LogP contribution in [-0.4, -0.2) is 53.8 Å². The zero-order valence-electron chi connectivity index (χ0n) is 12.3. The lowest BCUT2D eigenvalue weighted by Gasteiger charge is -2.30. The van der Waals surface area contributed by atoms with Crippen LogP contribution in [-0.2, 0) is 6.54 Å². The van der Waals surface area contributed by atoms with Gasteiger partial charge in [-0.1, -0.05) is 6.92 Å². The summed E-state index contributed by atoms with van der Waals surface area (Å²) in [6.45, 7) is 7.27. The number of amidine groups is 1. The molecule has 3 N–H and O–H groups in total. The minimum atomic E-state index is 0.0197. The maximum absolute atomic E-state index is 7.43. The Morgan fingerprint density at radius 3 is 2.68 bits per heavy atom. The molecule has 1 rings (SSSR count). The molecule has 0 radical (unpaired) electrons. The van der Waals surface area contributed by atoms with E-state index in [1.54, 1.807) is 6.20 Å². The topological polar surface area (TPSA) is 69.2 Å². The molecule has 1 aromatic rings. The summed E-state index contributed by atoms with van der Waals surface area (Å²) in [5.41, 5.74) is 7.17. The first-order chi connectivity index (χ1) is 8.93. The molecule has 0 aliphatic carbocycles. The molecule has 106 valence electrons. The quantitative estimate of drug-likeness (QED) is 0.572. The van der Waals surface area contributed by atoms with E-state index < -0.39 is 0 Å². The molecule has 1 unspecified atom stereocenters. The fourth-order valence-corrected chi connectivity index (χ4v) is 2.18. The second-order valence-electron chi connectivity index (χ2n) is 5.14. The minimum Gasteiger partial charge on any atom is -0.382 e. The molecule has 0 aromatic carbocycles. The number of pyridine rings is 1. The Balaban J connectivity index is 2.75. The Morgan fingerprint density at radius 1 is 1.47 bits per heavy atom. The van der Waals surface area contributed by atoms with E-state index in [-0.39, 0.29) is 5.84 Å². The van der Waals surface area contributed by atoms with E-state index >= 15 is 0 Å². The lowest BCUT2D eigenvalue weighted by atomic mass is 10.1. The lowest BCUT2D eigenvalue weighted by Crippen LogP contribution is -2.39. The van der Waals surface area contributed by atoms with Crippen LogP contribution >= 0.6 is 0 Å². The van der Waals surface area contributed by atoms with Crippen molar-refractivity contribution in [1.29, 1.82) is 5.41 Å². The van der Waals surface area contributed by atoms with Gasteiger partial charge in [0.15, 0.2) is 0 Å². The number of aromatic nitrogens is 1. The fourth-order valence-electron chi connectivity index (χ4n) is 2.18. The van der Waals surface area contributed by atoms with E-state index in [0.717, 1.165) is 25.2 Å². The highest BCUT2D eigenvalue weighted by atomic mass is 15.2. The van der Waals surface area contributed by atoms with Crippen molar-refractivity contribution >= 4 is 5.84 Å². The van der Waals surface area contributed by atoms with Crippen molar-refractivity contribution in [3.05, 3.63) is 29.6 Å². The van der Waals surface area contributed by atoms with E-state index in [9.17, 15) is 0 Å². The van der Waals surface area contributed by atoms with Gasteiger partial charge in [-0.2, -0.15) is 0 Å². The summed E-state index contributed by atoms with van der Waals surface area (Å²) in [5, 5.41) is 7.43. The van der Waals surface area contributed by atoms with Gasteiger partial charge in [-0.25, -0.2) is 0 Å². The van der Waals surface area contributed by atoms with Crippen LogP contribution < -0.4 is 5.73 Å². The van der Waals surface area contributed by atoms with Gasteiger partial charge in [0.05, 0.1) is 0 Å². The third-order valence-electron chi connectivity index (χ3n) is 3.14. The van der Waals surface area contributed by atoms with Crippen LogP contribution in [0.4, 0.5) is 0 Å². The van der Waals surface area contributed by atoms with Crippen molar-refractivity contribution in [2.75, 3.05) is 27.2 Å². The monoisotopic (exact) mass is 263 g/mol. The Bertz CT molecular complexity index is 416. The molecule has 0 aliphatic heterocycles. The minimum absolute atomic E-state index is 0.0197. The number of nitrogens with one attached hydrogen (secondary N) is 1. The van der Waals surface area contributed by atoms with Crippen LogP contribution in [0.3, 0.4) is 0 Å². The zero-order valence-corrected chi connectivity index (χ0v) is 12.3. The molecular weight excluding hydrogens is 238 g/mol. The van der Waals surface area contributed by atoms with Crippen LogP contribution in [0.15, 0.2) is 18.3 Å². The van der Waals surface area contributed by atoms with E-state index in [2.05, 4.69) is 42.7 Å². The van der Waals surface area contributed by atoms with Gasteiger partial charge in [0, 0.05) is 25.3 Å². The molecular formula is C14H25N5. The molecule has 0 saturated heterocycles. The molecule has 1 aromatic heterocycles. The number of hydrogen-bond donors (Lipinski definition) is 2. The highest BCUT2D eigenvalue weighted by molar-refractivity contribution is 5.93. The average molecular weight is 263 g/mol. The van der Waals surface area contributed by atoms with Gasteiger partial charge >= 0.3 is 0 Å². The van der Waals surface area contributed by atoms with Crippen LogP contribution in [0, 0.1) is 5.41 Å². The van der Waals surface area contributed by atoms with E-state index in [1.165, 1.54) is 0 Å². The second kappa shape index (κ2) is 7.21. The molecule has 0 saturated carbocycles. The lowest BCUT2D eigenvalue weighted by molar-refractivity contribution is 0.174. The number of nitrogens with zero attached hydrogens (tertiary/aromatic N) is 3. The molecule has 1 heterocycles. The van der Waals surface area contributed by atoms with Crippen LogP contribution in [0.2, 0.25) is 0 Å². The maximum Gasteiger partial charge on any atom is 0.141 e. The van der Waals surface area contributed by atoms with Gasteiger partial charge in [-0.3, -0.25) is 15.3 Å². The fraction of sp³-hybridized carbons (Fsp3) is 0.571. The predicted molar refractivity (Wildman–Crippen MR) is 79.4 cm³/mol. The second-order valence-corrected chi connectivity index (χ2v) is 5.14. The first-order valence-electron chi connectivity index (χ1n) is 6.62. The summed E-state index contributed by atoms with van der Waals surface area (Å²) in [6.07, 6.45) is 1.72. The molecule has 0 amide bonds. The van der Waals surface area contributed by atoms with Gasteiger partial charge in [-0.05, 0) is 45.3 Å². The number of nitrogen functional groups attached to an aromatic ring is 1. The Hall–Kier alpha value is -1.46. The smallest absolute Gasteiger partial charge is 0.141 e. The zero-order chi connectivity index (χ0) is 14.4. The van der Waals surface area contributed by atoms with Crippen molar-refractivity contribution in [3.8, 4) is 0 Å². The molecule has 0 spiro atoms. The van der Waals surface area contributed by atoms with Crippen molar-refractivity contribution in [3.63, 3.8) is 0 Å². The average Bonchev–Trinajstić information content (AvgIpc) is 2.35. The van der Waals surface area contributed by atoms with Crippen molar-refractivity contribution in [2.24, 2.45) is 5.73 Å². The van der Waals surface area contributed by atoms with Crippen molar-refractivity contribution < 1.29 is 0 Å². The number of likely N-dealkylation sites (N-methyl/N-ethyl adjacent to an activating group) is 2. The van der Waals surface area contributed by atoms with Crippen LogP contribution in [0.1, 0.15) is 25.1 Å². The van der Waals surface area contributed by atoms with Crippen LogP contribution in [0.25, 0.3) is 0 Å². The summed E-state index contributed by atoms with van der Waals surface area (Å²) in [6, 6.07) is 4.36. The number of nitrogens with two attached hydrogens (primary N) is 1.